The van der Waals surface area contributed by atoms with Crippen molar-refractivity contribution in [2.45, 2.75) is 45.3 Å². The predicted octanol–water partition coefficient (Wildman–Crippen LogP) is 1.02. The highest BCUT2D eigenvalue weighted by atomic mass is 32.2. The molecule has 0 unspecified atom stereocenters. The molecule has 2 aliphatic rings. The smallest absolute Gasteiger partial charge is 0.411 e. The summed E-state index contributed by atoms with van der Waals surface area (Å²) in [5.41, 5.74) is 4.77. The fraction of sp³-hybridized carbons (Fsp3) is 0.800. The van der Waals surface area contributed by atoms with E-state index < -0.39 is 17.7 Å². The first kappa shape index (κ1) is 17.9. The van der Waals surface area contributed by atoms with E-state index in [0.717, 1.165) is 6.42 Å². The van der Waals surface area contributed by atoms with Crippen molar-refractivity contribution in [3.63, 3.8) is 0 Å². The number of carbonyl (C=O) groups excluding carboxylic acids is 3. The van der Waals surface area contributed by atoms with Crippen LogP contribution in [0.4, 0.5) is 4.79 Å². The Labute approximate surface area is 140 Å². The summed E-state index contributed by atoms with van der Waals surface area (Å²) in [4.78, 5) is 39.5. The third-order valence-corrected chi connectivity index (χ3v) is 4.94. The largest absolute Gasteiger partial charge is 0.444 e. The van der Waals surface area contributed by atoms with Gasteiger partial charge in [-0.2, -0.15) is 0 Å². The van der Waals surface area contributed by atoms with Crippen LogP contribution >= 0.6 is 11.8 Å². The fourth-order valence-electron chi connectivity index (χ4n) is 2.77. The first-order valence-corrected chi connectivity index (χ1v) is 9.00. The van der Waals surface area contributed by atoms with Crippen molar-refractivity contribution in [1.82, 2.24) is 9.80 Å². The third-order valence-electron chi connectivity index (χ3n) is 3.93. The molecule has 2 heterocycles. The average Bonchev–Trinajstić information content (AvgIpc) is 2.94. The third kappa shape index (κ3) is 4.53. The van der Waals surface area contributed by atoms with Gasteiger partial charge in [-0.25, -0.2) is 4.79 Å². The molecular weight excluding hydrogens is 318 g/mol. The van der Waals surface area contributed by atoms with Gasteiger partial charge >= 0.3 is 6.09 Å². The molecule has 130 valence electrons. The number of carbonyl (C=O) groups is 3. The Bertz CT molecular complexity index is 492. The molecule has 0 aromatic rings. The summed E-state index contributed by atoms with van der Waals surface area (Å²) >= 11 is 1.53. The molecule has 0 bridgehead atoms. The highest BCUT2D eigenvalue weighted by Crippen LogP contribution is 2.26. The minimum Gasteiger partial charge on any atom is -0.444 e. The zero-order valence-corrected chi connectivity index (χ0v) is 14.7. The van der Waals surface area contributed by atoms with Crippen molar-refractivity contribution in [2.75, 3.05) is 24.7 Å². The second kappa shape index (κ2) is 6.98. The number of hydrogen-bond donors (Lipinski definition) is 1. The highest BCUT2D eigenvalue weighted by molar-refractivity contribution is 7.99. The summed E-state index contributed by atoms with van der Waals surface area (Å²) in [7, 11) is 0. The van der Waals surface area contributed by atoms with E-state index in [1.54, 1.807) is 25.7 Å². The number of nitrogens with two attached hydrogens (primary N) is 1. The van der Waals surface area contributed by atoms with E-state index in [4.69, 9.17) is 10.5 Å². The highest BCUT2D eigenvalue weighted by Gasteiger charge is 2.40. The van der Waals surface area contributed by atoms with Crippen molar-refractivity contribution in [1.29, 1.82) is 0 Å². The lowest BCUT2D eigenvalue weighted by Crippen LogP contribution is -2.53. The molecule has 0 saturated carbocycles. The van der Waals surface area contributed by atoms with Crippen LogP contribution in [0.2, 0.25) is 0 Å². The summed E-state index contributed by atoms with van der Waals surface area (Å²) in [6.07, 6.45) is 1.00. The fourth-order valence-corrected chi connectivity index (χ4v) is 3.90. The van der Waals surface area contributed by atoms with Crippen LogP contribution in [0.3, 0.4) is 0 Å². The summed E-state index contributed by atoms with van der Waals surface area (Å²) in [5.74, 6) is 0.213. The van der Waals surface area contributed by atoms with Crippen LogP contribution in [0.1, 0.15) is 33.6 Å². The van der Waals surface area contributed by atoms with Crippen molar-refractivity contribution in [3.8, 4) is 0 Å². The molecule has 0 spiro atoms. The van der Waals surface area contributed by atoms with E-state index in [9.17, 15) is 14.4 Å². The van der Waals surface area contributed by atoms with Crippen LogP contribution in [0.5, 0.6) is 0 Å². The lowest BCUT2D eigenvalue weighted by atomic mass is 9.97. The van der Waals surface area contributed by atoms with Crippen LogP contribution in [0.15, 0.2) is 0 Å². The predicted molar refractivity (Wildman–Crippen MR) is 87.7 cm³/mol. The van der Waals surface area contributed by atoms with Crippen molar-refractivity contribution in [3.05, 3.63) is 0 Å². The molecule has 0 aromatic carbocycles. The lowest BCUT2D eigenvalue weighted by Gasteiger charge is -2.35. The number of nitrogens with zero attached hydrogens (tertiary/aromatic N) is 2. The van der Waals surface area contributed by atoms with Crippen molar-refractivity contribution < 1.29 is 19.1 Å². The van der Waals surface area contributed by atoms with Crippen molar-refractivity contribution in [2.24, 2.45) is 11.7 Å². The van der Waals surface area contributed by atoms with E-state index in [1.165, 1.54) is 16.7 Å². The number of ether oxygens (including phenoxy) is 1. The van der Waals surface area contributed by atoms with Gasteiger partial charge in [0.1, 0.15) is 11.6 Å². The summed E-state index contributed by atoms with van der Waals surface area (Å²) in [6.45, 7) is 6.34. The number of piperidine rings is 1. The van der Waals surface area contributed by atoms with Gasteiger partial charge < -0.3 is 15.4 Å². The van der Waals surface area contributed by atoms with Crippen LogP contribution in [0.25, 0.3) is 0 Å². The lowest BCUT2D eigenvalue weighted by molar-refractivity contribution is -0.138. The molecular formula is C15H25N3O4S. The molecule has 8 heteroatoms. The maximum Gasteiger partial charge on any atom is 0.411 e. The first-order valence-electron chi connectivity index (χ1n) is 7.84. The Balaban J connectivity index is 2.02. The summed E-state index contributed by atoms with van der Waals surface area (Å²) in [6, 6.07) is -0.526. The molecule has 2 saturated heterocycles. The van der Waals surface area contributed by atoms with Crippen LogP contribution in [0, 0.1) is 5.92 Å². The average molecular weight is 343 g/mol. The van der Waals surface area contributed by atoms with E-state index in [2.05, 4.69) is 0 Å². The van der Waals surface area contributed by atoms with Crippen LogP contribution in [-0.4, -0.2) is 64.1 Å². The van der Waals surface area contributed by atoms with Crippen LogP contribution in [-0.2, 0) is 14.3 Å². The monoisotopic (exact) mass is 343 g/mol. The van der Waals surface area contributed by atoms with Gasteiger partial charge in [-0.05, 0) is 33.6 Å². The zero-order valence-electron chi connectivity index (χ0n) is 13.9. The molecule has 2 N–H and O–H groups in total. The maximum atomic E-state index is 12.8. The maximum absolute atomic E-state index is 12.8. The topological polar surface area (TPSA) is 92.9 Å². The van der Waals surface area contributed by atoms with E-state index in [-0.39, 0.29) is 17.7 Å². The van der Waals surface area contributed by atoms with E-state index in [0.29, 0.717) is 31.1 Å². The quantitative estimate of drug-likeness (QED) is 0.808. The molecule has 0 aromatic heterocycles. The molecule has 2 atom stereocenters. The van der Waals surface area contributed by atoms with Crippen LogP contribution < -0.4 is 5.73 Å². The molecule has 2 aliphatic heterocycles. The Morgan fingerprint density at radius 2 is 1.96 bits per heavy atom. The number of hydrogen-bond acceptors (Lipinski definition) is 5. The number of amides is 3. The minimum absolute atomic E-state index is 0.119. The number of thioether (sulfide) groups is 1. The Kier molecular flexibility index (Phi) is 5.44. The van der Waals surface area contributed by atoms with E-state index in [1.807, 2.05) is 0 Å². The molecule has 2 rings (SSSR count). The van der Waals surface area contributed by atoms with Gasteiger partial charge in [0.15, 0.2) is 0 Å². The zero-order chi connectivity index (χ0) is 17.2. The molecule has 0 radical (unpaired) electrons. The number of likely N-dealkylation sites (tertiary alicyclic amines) is 1. The van der Waals surface area contributed by atoms with E-state index >= 15 is 0 Å². The summed E-state index contributed by atoms with van der Waals surface area (Å²) in [5, 5.41) is 0. The van der Waals surface area contributed by atoms with Gasteiger partial charge in [-0.1, -0.05) is 0 Å². The SMILES string of the molecule is CC(C)(C)OC(=O)N1CSC[C@@H]1C(=O)N1CCC[C@@H](C(N)=O)C1. The van der Waals surface area contributed by atoms with Gasteiger partial charge in [0.05, 0.1) is 11.8 Å². The Hall–Kier alpha value is -1.44. The van der Waals surface area contributed by atoms with Gasteiger partial charge in [0.2, 0.25) is 11.8 Å². The molecule has 0 aliphatic carbocycles. The first-order chi connectivity index (χ1) is 10.7. The van der Waals surface area contributed by atoms with Gasteiger partial charge in [0.25, 0.3) is 0 Å². The molecule has 7 nitrogen and oxygen atoms in total. The number of rotatable bonds is 2. The molecule has 3 amide bonds. The number of primary amides is 1. The van der Waals surface area contributed by atoms with Crippen molar-refractivity contribution >= 4 is 29.7 Å². The molecule has 23 heavy (non-hydrogen) atoms. The minimum atomic E-state index is -0.597. The van der Waals surface area contributed by atoms with Gasteiger partial charge in [-0.15, -0.1) is 11.8 Å². The second-order valence-electron chi connectivity index (χ2n) is 6.99. The normalized spacial score (nSPS) is 25.3. The second-order valence-corrected chi connectivity index (χ2v) is 7.99. The summed E-state index contributed by atoms with van der Waals surface area (Å²) < 4.78 is 5.38. The molecule has 2 fully saturated rings. The van der Waals surface area contributed by atoms with Gasteiger partial charge in [0, 0.05) is 18.8 Å². The van der Waals surface area contributed by atoms with Gasteiger partial charge in [-0.3, -0.25) is 14.5 Å². The Morgan fingerprint density at radius 3 is 2.57 bits per heavy atom. The Morgan fingerprint density at radius 1 is 1.26 bits per heavy atom. The standard InChI is InChI=1S/C15H25N3O4S/c1-15(2,3)22-14(21)18-9-23-8-11(18)13(20)17-6-4-5-10(7-17)12(16)19/h10-11H,4-9H2,1-3H3,(H2,16,19)/t10-,11-/m1/s1.